The fraction of sp³-hybridized carbons (Fsp3) is 0.375. The lowest BCUT2D eigenvalue weighted by atomic mass is 10.0. The first-order valence-electron chi connectivity index (χ1n) is 7.78. The number of aromatic nitrogens is 4. The zero-order chi connectivity index (χ0) is 15.6. The second-order valence-electron chi connectivity index (χ2n) is 5.79. The Morgan fingerprint density at radius 3 is 2.78 bits per heavy atom. The summed E-state index contributed by atoms with van der Waals surface area (Å²) >= 11 is 1.66. The molecule has 1 aliphatic rings. The Kier molecular flexibility index (Phi) is 3.78. The van der Waals surface area contributed by atoms with Crippen molar-refractivity contribution in [3.05, 3.63) is 35.9 Å². The molecule has 3 aromatic rings. The molecule has 23 heavy (non-hydrogen) atoms. The first kappa shape index (κ1) is 14.3. The number of fused-ring (bicyclic) bond motifs is 1. The maximum Gasteiger partial charge on any atom is 0.140 e. The van der Waals surface area contributed by atoms with E-state index in [9.17, 15) is 0 Å². The maximum absolute atomic E-state index is 4.50. The average Bonchev–Trinajstić information content (AvgIpc) is 3.04. The maximum atomic E-state index is 4.50. The van der Waals surface area contributed by atoms with E-state index in [0.29, 0.717) is 6.04 Å². The molecule has 0 radical (unpaired) electrons. The normalized spacial score (nSPS) is 16.0. The van der Waals surface area contributed by atoms with Gasteiger partial charge in [0.15, 0.2) is 0 Å². The van der Waals surface area contributed by atoms with E-state index < -0.39 is 0 Å². The zero-order valence-corrected chi connectivity index (χ0v) is 13.8. The molecule has 0 aromatic carbocycles. The van der Waals surface area contributed by atoms with Crippen LogP contribution in [0.1, 0.15) is 18.5 Å². The van der Waals surface area contributed by atoms with Gasteiger partial charge in [0.1, 0.15) is 29.1 Å². The second-order valence-corrected chi connectivity index (χ2v) is 6.68. The first-order valence-corrected chi connectivity index (χ1v) is 8.66. The van der Waals surface area contributed by atoms with Crippen LogP contribution in [0.5, 0.6) is 0 Å². The monoisotopic (exact) mass is 326 g/mol. The molecule has 4 rings (SSSR count). The van der Waals surface area contributed by atoms with Crippen LogP contribution in [-0.2, 0) is 0 Å². The second kappa shape index (κ2) is 6.08. The number of anilines is 2. The third kappa shape index (κ3) is 2.96. The van der Waals surface area contributed by atoms with E-state index in [1.807, 2.05) is 13.0 Å². The van der Waals surface area contributed by atoms with Crippen LogP contribution < -0.4 is 10.2 Å². The largest absolute Gasteiger partial charge is 0.367 e. The van der Waals surface area contributed by atoms with Gasteiger partial charge in [0.2, 0.25) is 0 Å². The summed E-state index contributed by atoms with van der Waals surface area (Å²) in [6.45, 7) is 3.96. The minimum Gasteiger partial charge on any atom is -0.367 e. The molecule has 0 bridgehead atoms. The molecule has 0 unspecified atom stereocenters. The molecule has 1 N–H and O–H groups in total. The number of piperidine rings is 1. The number of hydrogen-bond donors (Lipinski definition) is 1. The Bertz CT molecular complexity index is 809. The molecule has 0 spiro atoms. The van der Waals surface area contributed by atoms with Gasteiger partial charge < -0.3 is 10.2 Å². The minimum atomic E-state index is 0.445. The quantitative estimate of drug-likeness (QED) is 0.798. The highest BCUT2D eigenvalue weighted by Crippen LogP contribution is 2.29. The van der Waals surface area contributed by atoms with Gasteiger partial charge in [-0.1, -0.05) is 0 Å². The molecule has 6 nitrogen and oxygen atoms in total. The summed E-state index contributed by atoms with van der Waals surface area (Å²) in [4.78, 5) is 20.7. The van der Waals surface area contributed by atoms with Crippen molar-refractivity contribution in [2.24, 2.45) is 0 Å². The Hall–Kier alpha value is -2.28. The highest BCUT2D eigenvalue weighted by molar-refractivity contribution is 7.16. The molecule has 0 aliphatic carbocycles. The van der Waals surface area contributed by atoms with E-state index in [-0.39, 0.29) is 0 Å². The van der Waals surface area contributed by atoms with Crippen LogP contribution in [0.15, 0.2) is 30.2 Å². The molecular formula is C16H18N6S. The standard InChI is InChI=1S/C16H18N6S/c1-11-8-14(18-9-17-11)21-12-2-5-22(6-3-12)15-13-4-7-23-16(13)20-10-19-15/h4,7-10,12H,2-3,5-6H2,1H3,(H,17,18,21). The number of rotatable bonds is 3. The highest BCUT2D eigenvalue weighted by Gasteiger charge is 2.22. The highest BCUT2D eigenvalue weighted by atomic mass is 32.1. The van der Waals surface area contributed by atoms with E-state index in [1.165, 1.54) is 0 Å². The van der Waals surface area contributed by atoms with Crippen LogP contribution in [0.2, 0.25) is 0 Å². The predicted octanol–water partition coefficient (Wildman–Crippen LogP) is 2.87. The summed E-state index contributed by atoms with van der Waals surface area (Å²) in [5.41, 5.74) is 0.987. The molecule has 0 atom stereocenters. The van der Waals surface area contributed by atoms with Crippen molar-refractivity contribution in [3.63, 3.8) is 0 Å². The van der Waals surface area contributed by atoms with Gasteiger partial charge in [-0.25, -0.2) is 19.9 Å². The van der Waals surface area contributed by atoms with Gasteiger partial charge in [-0.3, -0.25) is 0 Å². The molecule has 0 amide bonds. The fourth-order valence-corrected chi connectivity index (χ4v) is 3.73. The van der Waals surface area contributed by atoms with E-state index in [4.69, 9.17) is 0 Å². The Labute approximate surface area is 138 Å². The fourth-order valence-electron chi connectivity index (χ4n) is 3.01. The van der Waals surface area contributed by atoms with Crippen molar-refractivity contribution >= 4 is 33.2 Å². The number of hydrogen-bond acceptors (Lipinski definition) is 7. The molecule has 1 fully saturated rings. The van der Waals surface area contributed by atoms with Gasteiger partial charge in [-0.05, 0) is 31.2 Å². The van der Waals surface area contributed by atoms with E-state index in [1.54, 1.807) is 24.0 Å². The molecular weight excluding hydrogens is 308 g/mol. The van der Waals surface area contributed by atoms with Gasteiger partial charge >= 0.3 is 0 Å². The van der Waals surface area contributed by atoms with Crippen molar-refractivity contribution in [2.75, 3.05) is 23.3 Å². The van der Waals surface area contributed by atoms with Crippen LogP contribution in [-0.4, -0.2) is 39.1 Å². The number of thiophene rings is 1. The van der Waals surface area contributed by atoms with E-state index in [2.05, 4.69) is 41.6 Å². The molecule has 3 aromatic heterocycles. The predicted molar refractivity (Wildman–Crippen MR) is 93.0 cm³/mol. The third-order valence-corrected chi connectivity index (χ3v) is 5.01. The Balaban J connectivity index is 1.44. The summed E-state index contributed by atoms with van der Waals surface area (Å²) in [7, 11) is 0. The lowest BCUT2D eigenvalue weighted by molar-refractivity contribution is 0.523. The number of nitrogens with zero attached hydrogens (tertiary/aromatic N) is 5. The van der Waals surface area contributed by atoms with Crippen molar-refractivity contribution < 1.29 is 0 Å². The number of nitrogens with one attached hydrogen (secondary N) is 1. The third-order valence-electron chi connectivity index (χ3n) is 4.19. The van der Waals surface area contributed by atoms with Gasteiger partial charge in [0, 0.05) is 30.9 Å². The average molecular weight is 326 g/mol. The number of aryl methyl sites for hydroxylation is 1. The molecule has 4 heterocycles. The van der Waals surface area contributed by atoms with Gasteiger partial charge in [0.05, 0.1) is 5.39 Å². The first-order chi connectivity index (χ1) is 11.3. The van der Waals surface area contributed by atoms with Crippen molar-refractivity contribution in [2.45, 2.75) is 25.8 Å². The van der Waals surface area contributed by atoms with Crippen LogP contribution in [0.3, 0.4) is 0 Å². The smallest absolute Gasteiger partial charge is 0.140 e. The Morgan fingerprint density at radius 1 is 1.13 bits per heavy atom. The van der Waals surface area contributed by atoms with E-state index >= 15 is 0 Å². The summed E-state index contributed by atoms with van der Waals surface area (Å²) in [5.74, 6) is 1.98. The van der Waals surface area contributed by atoms with Crippen LogP contribution in [0.25, 0.3) is 10.2 Å². The van der Waals surface area contributed by atoms with Crippen LogP contribution >= 0.6 is 11.3 Å². The van der Waals surface area contributed by atoms with Gasteiger partial charge in [0.25, 0.3) is 0 Å². The summed E-state index contributed by atoms with van der Waals surface area (Å²) in [5, 5.41) is 6.76. The lowest BCUT2D eigenvalue weighted by Gasteiger charge is -2.33. The molecule has 7 heteroatoms. The molecule has 1 aliphatic heterocycles. The summed E-state index contributed by atoms with van der Waals surface area (Å²) < 4.78 is 0. The topological polar surface area (TPSA) is 66.8 Å². The molecule has 0 saturated carbocycles. The van der Waals surface area contributed by atoms with Gasteiger partial charge in [-0.15, -0.1) is 11.3 Å². The van der Waals surface area contributed by atoms with Crippen molar-refractivity contribution in [1.29, 1.82) is 0 Å². The molecule has 1 saturated heterocycles. The van der Waals surface area contributed by atoms with Crippen molar-refractivity contribution in [3.8, 4) is 0 Å². The van der Waals surface area contributed by atoms with Crippen molar-refractivity contribution in [1.82, 2.24) is 19.9 Å². The van der Waals surface area contributed by atoms with Crippen LogP contribution in [0, 0.1) is 6.92 Å². The zero-order valence-electron chi connectivity index (χ0n) is 12.9. The van der Waals surface area contributed by atoms with Crippen LogP contribution in [0.4, 0.5) is 11.6 Å². The van der Waals surface area contributed by atoms with Gasteiger partial charge in [-0.2, -0.15) is 0 Å². The minimum absolute atomic E-state index is 0.445. The Morgan fingerprint density at radius 2 is 1.96 bits per heavy atom. The summed E-state index contributed by atoms with van der Waals surface area (Å²) in [6, 6.07) is 4.55. The summed E-state index contributed by atoms with van der Waals surface area (Å²) in [6.07, 6.45) is 5.42. The SMILES string of the molecule is Cc1cc(NC2CCN(c3ncnc4sccc34)CC2)ncn1. The lowest BCUT2D eigenvalue weighted by Crippen LogP contribution is -2.39. The molecule has 118 valence electrons. The van der Waals surface area contributed by atoms with E-state index in [0.717, 1.165) is 53.5 Å².